The van der Waals surface area contributed by atoms with Gasteiger partial charge < -0.3 is 19.9 Å². The number of carbonyl (C=O) groups excluding carboxylic acids is 1. The fraction of sp³-hybridized carbons (Fsp3) is 0.632. The summed E-state index contributed by atoms with van der Waals surface area (Å²) in [6.45, 7) is 6.61. The van der Waals surface area contributed by atoms with Crippen LogP contribution in [0.25, 0.3) is 0 Å². The Morgan fingerprint density at radius 3 is 2.96 bits per heavy atom. The zero-order valence-electron chi connectivity index (χ0n) is 15.0. The number of nitrogens with one attached hydrogen (secondary N) is 1. The lowest BCUT2D eigenvalue weighted by Crippen LogP contribution is -2.46. The van der Waals surface area contributed by atoms with Crippen LogP contribution in [0.5, 0.6) is 5.75 Å². The number of morpholine rings is 1. The van der Waals surface area contributed by atoms with Gasteiger partial charge in [0.05, 0.1) is 12.7 Å². The molecule has 2 heterocycles. The third-order valence-corrected chi connectivity index (χ3v) is 5.15. The molecule has 0 unspecified atom stereocenters. The van der Waals surface area contributed by atoms with Crippen LogP contribution < -0.4 is 10.1 Å². The minimum Gasteiger partial charge on any atom is -0.484 e. The molecule has 1 amide bonds. The fourth-order valence-corrected chi connectivity index (χ4v) is 3.59. The number of benzene rings is 1. The standard InChI is InChI=1S/C19H28N2O4/c1-13-3-4-17(7-14(13)2)25-12-19(23)20-15-8-16-11-24-18(5-6-22)10-21(16)9-15/h3-4,7,15-16,18,22H,5-6,8-12H2,1-2H3,(H,20,23)/t15-,16+,18+/m1/s1. The molecule has 2 fully saturated rings. The first-order valence-electron chi connectivity index (χ1n) is 9.01. The van der Waals surface area contributed by atoms with Crippen molar-refractivity contribution in [3.8, 4) is 5.75 Å². The van der Waals surface area contributed by atoms with Crippen LogP contribution in [0, 0.1) is 13.8 Å². The molecular weight excluding hydrogens is 320 g/mol. The molecule has 0 saturated carbocycles. The Balaban J connectivity index is 1.43. The predicted molar refractivity (Wildman–Crippen MR) is 94.8 cm³/mol. The first kappa shape index (κ1) is 18.2. The minimum atomic E-state index is -0.0871. The number of hydrogen-bond donors (Lipinski definition) is 2. The highest BCUT2D eigenvalue weighted by Crippen LogP contribution is 2.24. The molecule has 2 aliphatic rings. The van der Waals surface area contributed by atoms with E-state index >= 15 is 0 Å². The van der Waals surface area contributed by atoms with Crippen LogP contribution >= 0.6 is 0 Å². The Kier molecular flexibility index (Phi) is 5.93. The van der Waals surface area contributed by atoms with Gasteiger partial charge in [-0.15, -0.1) is 0 Å². The van der Waals surface area contributed by atoms with E-state index in [0.29, 0.717) is 19.1 Å². The van der Waals surface area contributed by atoms with Gasteiger partial charge in [0, 0.05) is 31.8 Å². The average molecular weight is 348 g/mol. The molecule has 25 heavy (non-hydrogen) atoms. The van der Waals surface area contributed by atoms with Crippen LogP contribution in [0.2, 0.25) is 0 Å². The van der Waals surface area contributed by atoms with Crippen molar-refractivity contribution < 1.29 is 19.4 Å². The molecule has 3 rings (SSSR count). The van der Waals surface area contributed by atoms with E-state index in [9.17, 15) is 4.79 Å². The molecule has 0 bridgehead atoms. The molecule has 2 saturated heterocycles. The van der Waals surface area contributed by atoms with Gasteiger partial charge in [-0.05, 0) is 49.9 Å². The highest BCUT2D eigenvalue weighted by Gasteiger charge is 2.37. The SMILES string of the molecule is Cc1ccc(OCC(=O)N[C@@H]2C[C@H]3CO[C@@H](CCO)CN3C2)cc1C. The molecule has 0 spiro atoms. The first-order chi connectivity index (χ1) is 12.0. The van der Waals surface area contributed by atoms with Crippen molar-refractivity contribution in [2.45, 2.75) is 44.9 Å². The van der Waals surface area contributed by atoms with Crippen LogP contribution in [0.15, 0.2) is 18.2 Å². The molecule has 138 valence electrons. The van der Waals surface area contributed by atoms with Crippen molar-refractivity contribution in [1.82, 2.24) is 10.2 Å². The van der Waals surface area contributed by atoms with Gasteiger partial charge >= 0.3 is 0 Å². The zero-order valence-corrected chi connectivity index (χ0v) is 15.0. The molecule has 6 heteroatoms. The second kappa shape index (κ2) is 8.17. The summed E-state index contributed by atoms with van der Waals surface area (Å²) in [5.41, 5.74) is 2.36. The first-order valence-corrected chi connectivity index (χ1v) is 9.01. The smallest absolute Gasteiger partial charge is 0.258 e. The number of fused-ring (bicyclic) bond motifs is 1. The van der Waals surface area contributed by atoms with Gasteiger partial charge in [-0.1, -0.05) is 6.07 Å². The fourth-order valence-electron chi connectivity index (χ4n) is 3.59. The van der Waals surface area contributed by atoms with E-state index in [4.69, 9.17) is 14.6 Å². The van der Waals surface area contributed by atoms with E-state index in [-0.39, 0.29) is 31.3 Å². The highest BCUT2D eigenvalue weighted by atomic mass is 16.5. The van der Waals surface area contributed by atoms with E-state index in [1.54, 1.807) is 0 Å². The number of aryl methyl sites for hydroxylation is 2. The zero-order chi connectivity index (χ0) is 17.8. The molecule has 2 N–H and O–H groups in total. The Morgan fingerprint density at radius 2 is 2.20 bits per heavy atom. The summed E-state index contributed by atoms with van der Waals surface area (Å²) in [4.78, 5) is 14.5. The molecule has 1 aromatic carbocycles. The Labute approximate surface area is 149 Å². The van der Waals surface area contributed by atoms with Crippen molar-refractivity contribution in [3.05, 3.63) is 29.3 Å². The van der Waals surface area contributed by atoms with Gasteiger partial charge in [0.25, 0.3) is 5.91 Å². The number of carbonyl (C=O) groups is 1. The predicted octanol–water partition coefficient (Wildman–Crippen LogP) is 1.02. The number of aliphatic hydroxyl groups excluding tert-OH is 1. The van der Waals surface area contributed by atoms with Crippen LogP contribution in [0.1, 0.15) is 24.0 Å². The van der Waals surface area contributed by atoms with Crippen molar-refractivity contribution in [2.75, 3.05) is 32.9 Å². The van der Waals surface area contributed by atoms with Gasteiger partial charge in [-0.3, -0.25) is 9.69 Å². The number of nitrogens with zero attached hydrogens (tertiary/aromatic N) is 1. The number of aliphatic hydroxyl groups is 1. The molecular formula is C19H28N2O4. The van der Waals surface area contributed by atoms with Gasteiger partial charge in [0.1, 0.15) is 5.75 Å². The van der Waals surface area contributed by atoms with Gasteiger partial charge in [0.2, 0.25) is 0 Å². The molecule has 3 atom stereocenters. The maximum atomic E-state index is 12.2. The number of amides is 1. The Morgan fingerprint density at radius 1 is 1.36 bits per heavy atom. The summed E-state index contributed by atoms with van der Waals surface area (Å²) >= 11 is 0. The molecule has 0 aromatic heterocycles. The lowest BCUT2D eigenvalue weighted by molar-refractivity contribution is -0.123. The van der Waals surface area contributed by atoms with Crippen LogP contribution in [-0.4, -0.2) is 67.0 Å². The Hall–Kier alpha value is -1.63. The largest absolute Gasteiger partial charge is 0.484 e. The molecule has 1 aromatic rings. The third kappa shape index (κ3) is 4.71. The van der Waals surface area contributed by atoms with Gasteiger partial charge in [0.15, 0.2) is 6.61 Å². The number of ether oxygens (including phenoxy) is 2. The van der Waals surface area contributed by atoms with Crippen LogP contribution in [0.3, 0.4) is 0 Å². The van der Waals surface area contributed by atoms with Crippen molar-refractivity contribution in [1.29, 1.82) is 0 Å². The molecule has 0 radical (unpaired) electrons. The maximum absolute atomic E-state index is 12.2. The summed E-state index contributed by atoms with van der Waals surface area (Å²) < 4.78 is 11.4. The molecule has 0 aliphatic carbocycles. The van der Waals surface area contributed by atoms with Crippen molar-refractivity contribution in [3.63, 3.8) is 0 Å². The van der Waals surface area contributed by atoms with Crippen LogP contribution in [-0.2, 0) is 9.53 Å². The lowest BCUT2D eigenvalue weighted by atomic mass is 10.1. The normalized spacial score (nSPS) is 26.3. The maximum Gasteiger partial charge on any atom is 0.258 e. The summed E-state index contributed by atoms with van der Waals surface area (Å²) in [7, 11) is 0. The summed E-state index contributed by atoms with van der Waals surface area (Å²) in [5.74, 6) is 0.637. The Bertz CT molecular complexity index is 607. The lowest BCUT2D eigenvalue weighted by Gasteiger charge is -2.34. The monoisotopic (exact) mass is 348 g/mol. The summed E-state index contributed by atoms with van der Waals surface area (Å²) in [6, 6.07) is 6.35. The molecule has 6 nitrogen and oxygen atoms in total. The third-order valence-electron chi connectivity index (χ3n) is 5.15. The number of hydrogen-bond acceptors (Lipinski definition) is 5. The van der Waals surface area contributed by atoms with Gasteiger partial charge in [-0.2, -0.15) is 0 Å². The summed E-state index contributed by atoms with van der Waals surface area (Å²) in [6.07, 6.45) is 1.68. The summed E-state index contributed by atoms with van der Waals surface area (Å²) in [5, 5.41) is 12.1. The number of rotatable bonds is 6. The van der Waals surface area contributed by atoms with Crippen molar-refractivity contribution in [2.24, 2.45) is 0 Å². The van der Waals surface area contributed by atoms with E-state index in [2.05, 4.69) is 17.1 Å². The van der Waals surface area contributed by atoms with Crippen LogP contribution in [0.4, 0.5) is 0 Å². The van der Waals surface area contributed by atoms with Gasteiger partial charge in [-0.25, -0.2) is 0 Å². The van der Waals surface area contributed by atoms with E-state index < -0.39 is 0 Å². The quantitative estimate of drug-likeness (QED) is 0.803. The highest BCUT2D eigenvalue weighted by molar-refractivity contribution is 5.77. The average Bonchev–Trinajstić information content (AvgIpc) is 2.97. The second-order valence-corrected chi connectivity index (χ2v) is 7.11. The second-order valence-electron chi connectivity index (χ2n) is 7.11. The molecule has 2 aliphatic heterocycles. The van der Waals surface area contributed by atoms with E-state index in [1.165, 1.54) is 5.56 Å². The van der Waals surface area contributed by atoms with E-state index in [1.807, 2.05) is 25.1 Å². The van der Waals surface area contributed by atoms with Crippen molar-refractivity contribution >= 4 is 5.91 Å². The van der Waals surface area contributed by atoms with E-state index in [0.717, 1.165) is 30.8 Å². The topological polar surface area (TPSA) is 71.0 Å². The minimum absolute atomic E-state index is 0.0350.